The Bertz CT molecular complexity index is 1180. The molecule has 1 aliphatic rings. The Kier molecular flexibility index (Phi) is 10.1. The summed E-state index contributed by atoms with van der Waals surface area (Å²) in [4.78, 5) is 24.1. The number of aliphatic imine (C=N–C) groups is 1. The number of carbonyl (C=O) groups excluding carboxylic acids is 1. The topological polar surface area (TPSA) is 78.9 Å². The standard InChI is InChI=1S/C29H34ClN5O2/c1-31-29(36)24-11-14-33-26(28(24)34-15-18-37-27-10-6-5-9-25(27)30)20-32-19-22-12-16-35(17-13-22)21-23-7-3-2-4-8-23/h2-11,14-15,22,32H,12-13,16-21H2,1H3,(H,31,36)/b34-15+. The van der Waals surface area contributed by atoms with Crippen LogP contribution in [0.5, 0.6) is 5.75 Å². The Morgan fingerprint density at radius 2 is 1.89 bits per heavy atom. The van der Waals surface area contributed by atoms with E-state index in [1.165, 1.54) is 5.56 Å². The van der Waals surface area contributed by atoms with Gasteiger partial charge in [0.1, 0.15) is 12.4 Å². The number of aromatic nitrogens is 1. The predicted molar refractivity (Wildman–Crippen MR) is 149 cm³/mol. The second kappa shape index (κ2) is 13.9. The van der Waals surface area contributed by atoms with Crippen molar-refractivity contribution in [1.82, 2.24) is 20.5 Å². The third-order valence-electron chi connectivity index (χ3n) is 6.52. The van der Waals surface area contributed by atoms with Gasteiger partial charge in [-0.25, -0.2) is 0 Å². The van der Waals surface area contributed by atoms with Gasteiger partial charge in [-0.05, 0) is 62.2 Å². The van der Waals surface area contributed by atoms with Gasteiger partial charge in [-0.1, -0.05) is 54.1 Å². The van der Waals surface area contributed by atoms with E-state index in [1.807, 2.05) is 12.1 Å². The van der Waals surface area contributed by atoms with Crippen LogP contribution < -0.4 is 15.4 Å². The Morgan fingerprint density at radius 3 is 2.65 bits per heavy atom. The molecule has 8 heteroatoms. The molecule has 1 saturated heterocycles. The summed E-state index contributed by atoms with van der Waals surface area (Å²) < 4.78 is 5.71. The van der Waals surface area contributed by atoms with Crippen LogP contribution in [0.1, 0.15) is 34.5 Å². The van der Waals surface area contributed by atoms with Gasteiger partial charge in [0.15, 0.2) is 0 Å². The minimum atomic E-state index is -0.200. The zero-order valence-corrected chi connectivity index (χ0v) is 22.0. The van der Waals surface area contributed by atoms with Crippen molar-refractivity contribution >= 4 is 29.4 Å². The largest absolute Gasteiger partial charge is 0.486 e. The van der Waals surface area contributed by atoms with Crippen LogP contribution in [-0.4, -0.2) is 55.3 Å². The van der Waals surface area contributed by atoms with E-state index in [1.54, 1.807) is 37.7 Å². The molecule has 0 atom stereocenters. The molecule has 0 saturated carbocycles. The molecule has 0 spiro atoms. The van der Waals surface area contributed by atoms with E-state index in [2.05, 4.69) is 55.8 Å². The second-order valence-corrected chi connectivity index (χ2v) is 9.53. The molecule has 2 N–H and O–H groups in total. The summed E-state index contributed by atoms with van der Waals surface area (Å²) in [5.74, 6) is 1.00. The summed E-state index contributed by atoms with van der Waals surface area (Å²) in [5, 5.41) is 6.78. The number of nitrogens with one attached hydrogen (secondary N) is 2. The van der Waals surface area contributed by atoms with Crippen molar-refractivity contribution in [3.05, 3.63) is 88.7 Å². The van der Waals surface area contributed by atoms with Gasteiger partial charge < -0.3 is 15.4 Å². The molecule has 2 heterocycles. The van der Waals surface area contributed by atoms with Gasteiger partial charge in [-0.2, -0.15) is 0 Å². The first-order valence-electron chi connectivity index (χ1n) is 12.7. The van der Waals surface area contributed by atoms with Crippen molar-refractivity contribution in [2.24, 2.45) is 10.9 Å². The van der Waals surface area contributed by atoms with E-state index in [9.17, 15) is 4.79 Å². The monoisotopic (exact) mass is 519 g/mol. The molecule has 0 bridgehead atoms. The van der Waals surface area contributed by atoms with Crippen molar-refractivity contribution in [3.63, 3.8) is 0 Å². The van der Waals surface area contributed by atoms with Crippen LogP contribution in [-0.2, 0) is 13.1 Å². The molecular weight excluding hydrogens is 486 g/mol. The number of nitrogens with zero attached hydrogens (tertiary/aromatic N) is 3. The first-order valence-corrected chi connectivity index (χ1v) is 13.1. The highest BCUT2D eigenvalue weighted by Crippen LogP contribution is 2.25. The molecule has 7 nitrogen and oxygen atoms in total. The van der Waals surface area contributed by atoms with Crippen molar-refractivity contribution < 1.29 is 9.53 Å². The van der Waals surface area contributed by atoms with Gasteiger partial charge in [0.2, 0.25) is 0 Å². The maximum absolute atomic E-state index is 12.5. The van der Waals surface area contributed by atoms with Gasteiger partial charge in [0.05, 0.1) is 22.0 Å². The third kappa shape index (κ3) is 7.86. The van der Waals surface area contributed by atoms with Crippen molar-refractivity contribution in [3.8, 4) is 5.75 Å². The first-order chi connectivity index (χ1) is 18.1. The molecule has 0 aliphatic carbocycles. The molecule has 1 aromatic heterocycles. The highest BCUT2D eigenvalue weighted by atomic mass is 35.5. The highest BCUT2D eigenvalue weighted by molar-refractivity contribution is 6.32. The van der Waals surface area contributed by atoms with Gasteiger partial charge in [-0.3, -0.25) is 19.7 Å². The van der Waals surface area contributed by atoms with Gasteiger partial charge in [-0.15, -0.1) is 0 Å². The fourth-order valence-electron chi connectivity index (χ4n) is 4.49. The number of carbonyl (C=O) groups is 1. The molecule has 37 heavy (non-hydrogen) atoms. The van der Waals surface area contributed by atoms with Crippen molar-refractivity contribution in [1.29, 1.82) is 0 Å². The number of para-hydroxylation sites is 1. The lowest BCUT2D eigenvalue weighted by atomic mass is 9.96. The van der Waals surface area contributed by atoms with E-state index in [0.717, 1.165) is 44.7 Å². The number of hydrogen-bond donors (Lipinski definition) is 2. The van der Waals surface area contributed by atoms with Crippen LogP contribution in [0, 0.1) is 5.92 Å². The number of piperidine rings is 1. The molecular formula is C29H34ClN5O2. The van der Waals surface area contributed by atoms with Gasteiger partial charge in [0, 0.05) is 32.5 Å². The van der Waals surface area contributed by atoms with Crippen LogP contribution in [0.4, 0.5) is 5.69 Å². The quantitative estimate of drug-likeness (QED) is 0.353. The predicted octanol–water partition coefficient (Wildman–Crippen LogP) is 4.88. The van der Waals surface area contributed by atoms with E-state index in [0.29, 0.717) is 34.5 Å². The first kappa shape index (κ1) is 26.8. The Morgan fingerprint density at radius 1 is 1.14 bits per heavy atom. The molecule has 1 aliphatic heterocycles. The number of pyridine rings is 1. The summed E-state index contributed by atoms with van der Waals surface area (Å²) in [6.45, 7) is 4.88. The summed E-state index contributed by atoms with van der Waals surface area (Å²) in [6.07, 6.45) is 5.62. The van der Waals surface area contributed by atoms with Crippen molar-refractivity contribution in [2.45, 2.75) is 25.9 Å². The third-order valence-corrected chi connectivity index (χ3v) is 6.84. The molecule has 194 valence electrons. The van der Waals surface area contributed by atoms with Crippen LogP contribution in [0.2, 0.25) is 5.02 Å². The number of hydrogen-bond acceptors (Lipinski definition) is 6. The van der Waals surface area contributed by atoms with Gasteiger partial charge in [0.25, 0.3) is 5.91 Å². The van der Waals surface area contributed by atoms with Crippen molar-refractivity contribution in [2.75, 3.05) is 33.3 Å². The summed E-state index contributed by atoms with van der Waals surface area (Å²) in [7, 11) is 1.61. The fraction of sp³-hybridized carbons (Fsp3) is 0.345. The second-order valence-electron chi connectivity index (χ2n) is 9.12. The average molecular weight is 520 g/mol. The normalized spacial score (nSPS) is 14.6. The lowest BCUT2D eigenvalue weighted by Gasteiger charge is -2.32. The van der Waals surface area contributed by atoms with E-state index in [4.69, 9.17) is 16.3 Å². The zero-order chi connectivity index (χ0) is 25.9. The van der Waals surface area contributed by atoms with Gasteiger partial charge >= 0.3 is 0 Å². The van der Waals surface area contributed by atoms with Crippen LogP contribution in [0.3, 0.4) is 0 Å². The number of rotatable bonds is 11. The summed E-state index contributed by atoms with van der Waals surface area (Å²) in [6, 6.07) is 19.6. The number of benzene rings is 2. The lowest BCUT2D eigenvalue weighted by molar-refractivity contribution is 0.0963. The van der Waals surface area contributed by atoms with Crippen LogP contribution >= 0.6 is 11.6 Å². The SMILES string of the molecule is CNC(=O)c1ccnc(CNCC2CCN(Cc3ccccc3)CC2)c1/N=C/COc1ccccc1Cl. The minimum Gasteiger partial charge on any atom is -0.486 e. The molecule has 0 unspecified atom stereocenters. The molecule has 2 aromatic carbocycles. The number of likely N-dealkylation sites (tertiary alicyclic amines) is 1. The molecule has 1 amide bonds. The molecule has 1 fully saturated rings. The Labute approximate surface area is 223 Å². The summed E-state index contributed by atoms with van der Waals surface area (Å²) >= 11 is 6.15. The molecule has 3 aromatic rings. The maximum atomic E-state index is 12.5. The Hall–Kier alpha value is -3.26. The highest BCUT2D eigenvalue weighted by Gasteiger charge is 2.20. The maximum Gasteiger partial charge on any atom is 0.253 e. The number of halogens is 1. The zero-order valence-electron chi connectivity index (χ0n) is 21.2. The average Bonchev–Trinajstić information content (AvgIpc) is 2.93. The molecule has 4 rings (SSSR count). The smallest absolute Gasteiger partial charge is 0.253 e. The minimum absolute atomic E-state index is 0.200. The Balaban J connectivity index is 1.31. The molecule has 0 radical (unpaired) electrons. The van der Waals surface area contributed by atoms with E-state index >= 15 is 0 Å². The number of amides is 1. The van der Waals surface area contributed by atoms with Crippen LogP contribution in [0.15, 0.2) is 71.9 Å². The fourth-order valence-corrected chi connectivity index (χ4v) is 4.68. The number of ether oxygens (including phenoxy) is 1. The lowest BCUT2D eigenvalue weighted by Crippen LogP contribution is -2.36. The van der Waals surface area contributed by atoms with E-state index in [-0.39, 0.29) is 12.5 Å². The van der Waals surface area contributed by atoms with E-state index < -0.39 is 0 Å². The summed E-state index contributed by atoms with van der Waals surface area (Å²) in [5.41, 5.74) is 3.13. The van der Waals surface area contributed by atoms with Crippen LogP contribution in [0.25, 0.3) is 0 Å².